The van der Waals surface area contributed by atoms with Crippen LogP contribution in [0.15, 0.2) is 0 Å². The summed E-state index contributed by atoms with van der Waals surface area (Å²) in [7, 11) is 0. The van der Waals surface area contributed by atoms with E-state index in [-0.39, 0.29) is 12.1 Å². The molecule has 0 spiro atoms. The van der Waals surface area contributed by atoms with Crippen molar-refractivity contribution < 1.29 is 9.53 Å². The second kappa shape index (κ2) is 6.04. The largest absolute Gasteiger partial charge is 0.463 e. The van der Waals surface area contributed by atoms with Crippen molar-refractivity contribution in [3.05, 3.63) is 6.42 Å². The molecule has 0 N–H and O–H groups in total. The van der Waals surface area contributed by atoms with Gasteiger partial charge in [0.2, 0.25) is 0 Å². The Kier molecular flexibility index (Phi) is 5.77. The van der Waals surface area contributed by atoms with E-state index in [2.05, 4.69) is 13.8 Å². The highest BCUT2D eigenvalue weighted by Gasteiger charge is 2.05. The third-order valence-electron chi connectivity index (χ3n) is 1.41. The molecular weight excluding hydrogens is 152 g/mol. The summed E-state index contributed by atoms with van der Waals surface area (Å²) < 4.78 is 4.94. The molecule has 1 radical (unpaired) electrons. The highest BCUT2D eigenvalue weighted by atomic mass is 16.5. The molecule has 0 rings (SSSR count). The lowest BCUT2D eigenvalue weighted by Gasteiger charge is -2.07. The third-order valence-corrected chi connectivity index (χ3v) is 1.41. The second-order valence-corrected chi connectivity index (χ2v) is 3.66. The van der Waals surface area contributed by atoms with Crippen molar-refractivity contribution in [1.82, 2.24) is 0 Å². The monoisotopic (exact) mass is 171 g/mol. The van der Waals surface area contributed by atoms with Crippen molar-refractivity contribution >= 4 is 5.97 Å². The smallest absolute Gasteiger partial charge is 0.310 e. The zero-order chi connectivity index (χ0) is 9.56. The highest BCUT2D eigenvalue weighted by Crippen LogP contribution is 2.06. The lowest BCUT2D eigenvalue weighted by atomic mass is 10.1. The van der Waals surface area contributed by atoms with Gasteiger partial charge in [-0.05, 0) is 26.2 Å². The maximum absolute atomic E-state index is 11.0. The maximum Gasteiger partial charge on any atom is 0.310 e. The molecule has 2 heteroatoms. The van der Waals surface area contributed by atoms with Crippen LogP contribution in [-0.4, -0.2) is 12.1 Å². The Bertz CT molecular complexity index is 128. The summed E-state index contributed by atoms with van der Waals surface area (Å²) in [5, 5.41) is 0. The van der Waals surface area contributed by atoms with Gasteiger partial charge >= 0.3 is 5.97 Å². The number of rotatable bonds is 5. The molecule has 0 aliphatic carbocycles. The molecule has 2 nitrogen and oxygen atoms in total. The van der Waals surface area contributed by atoms with E-state index in [9.17, 15) is 4.79 Å². The molecule has 0 aromatic heterocycles. The fourth-order valence-electron chi connectivity index (χ4n) is 0.815. The first kappa shape index (κ1) is 11.5. The number of esters is 1. The van der Waals surface area contributed by atoms with Gasteiger partial charge in [0.15, 0.2) is 0 Å². The summed E-state index contributed by atoms with van der Waals surface area (Å²) in [6.07, 6.45) is 3.49. The van der Waals surface area contributed by atoms with E-state index in [4.69, 9.17) is 4.74 Å². The molecule has 0 unspecified atom stereocenters. The molecule has 0 fully saturated rings. The van der Waals surface area contributed by atoms with Gasteiger partial charge in [0.1, 0.15) is 0 Å². The Labute approximate surface area is 75.3 Å². The fourth-order valence-corrected chi connectivity index (χ4v) is 0.815. The van der Waals surface area contributed by atoms with E-state index in [1.54, 1.807) is 6.42 Å². The predicted molar refractivity (Wildman–Crippen MR) is 49.6 cm³/mol. The standard InChI is InChI=1S/C10H19O2/c1-8(2)6-5-7-10(11)12-9(3)4/h7-9H,5-6H2,1-4H3. The Morgan fingerprint density at radius 2 is 1.92 bits per heavy atom. The van der Waals surface area contributed by atoms with Gasteiger partial charge in [-0.1, -0.05) is 20.3 Å². The van der Waals surface area contributed by atoms with Crippen molar-refractivity contribution in [2.24, 2.45) is 5.92 Å². The lowest BCUT2D eigenvalue weighted by Crippen LogP contribution is -2.11. The minimum Gasteiger partial charge on any atom is -0.463 e. The molecule has 0 heterocycles. The first-order chi connectivity index (χ1) is 5.52. The topological polar surface area (TPSA) is 26.3 Å². The van der Waals surface area contributed by atoms with Crippen LogP contribution in [-0.2, 0) is 9.53 Å². The second-order valence-electron chi connectivity index (χ2n) is 3.66. The van der Waals surface area contributed by atoms with E-state index in [0.717, 1.165) is 12.8 Å². The van der Waals surface area contributed by atoms with Crippen molar-refractivity contribution in [2.75, 3.05) is 0 Å². The van der Waals surface area contributed by atoms with Crippen LogP contribution in [0.1, 0.15) is 40.5 Å². The molecule has 0 aromatic carbocycles. The fraction of sp³-hybridized carbons (Fsp3) is 0.800. The molecule has 0 amide bonds. The molecule has 0 saturated carbocycles. The Morgan fingerprint density at radius 3 is 2.33 bits per heavy atom. The van der Waals surface area contributed by atoms with Gasteiger partial charge in [-0.25, -0.2) is 0 Å². The molecule has 0 atom stereocenters. The molecule has 0 aromatic rings. The van der Waals surface area contributed by atoms with Crippen LogP contribution in [0.5, 0.6) is 0 Å². The number of hydrogen-bond acceptors (Lipinski definition) is 2. The Morgan fingerprint density at radius 1 is 1.33 bits per heavy atom. The molecule has 0 saturated heterocycles. The minimum atomic E-state index is -0.189. The molecular formula is C10H19O2. The van der Waals surface area contributed by atoms with Gasteiger partial charge in [-0.15, -0.1) is 0 Å². The average molecular weight is 171 g/mol. The summed E-state index contributed by atoms with van der Waals surface area (Å²) in [4.78, 5) is 11.0. The maximum atomic E-state index is 11.0. The number of ether oxygens (including phenoxy) is 1. The van der Waals surface area contributed by atoms with Gasteiger partial charge in [0.05, 0.1) is 12.5 Å². The summed E-state index contributed by atoms with van der Waals surface area (Å²) >= 11 is 0. The Hall–Kier alpha value is -0.530. The van der Waals surface area contributed by atoms with Crippen LogP contribution in [0, 0.1) is 12.3 Å². The van der Waals surface area contributed by atoms with Crippen LogP contribution in [0.25, 0.3) is 0 Å². The van der Waals surface area contributed by atoms with Crippen LogP contribution < -0.4 is 0 Å². The summed E-state index contributed by atoms with van der Waals surface area (Å²) in [5.41, 5.74) is 0. The van der Waals surface area contributed by atoms with Gasteiger partial charge in [-0.2, -0.15) is 0 Å². The predicted octanol–water partition coefficient (Wildman–Crippen LogP) is 2.58. The number of hydrogen-bond donors (Lipinski definition) is 0. The minimum absolute atomic E-state index is 0.00667. The first-order valence-corrected chi connectivity index (χ1v) is 4.56. The summed E-state index contributed by atoms with van der Waals surface area (Å²) in [6, 6.07) is 0. The van der Waals surface area contributed by atoms with Gasteiger partial charge < -0.3 is 4.74 Å². The van der Waals surface area contributed by atoms with Crippen molar-refractivity contribution in [3.8, 4) is 0 Å². The van der Waals surface area contributed by atoms with Crippen LogP contribution in [0.4, 0.5) is 0 Å². The SMILES string of the molecule is CC(C)CC[CH]C(=O)OC(C)C. The number of carbonyl (C=O) groups is 1. The van der Waals surface area contributed by atoms with Crippen molar-refractivity contribution in [3.63, 3.8) is 0 Å². The van der Waals surface area contributed by atoms with Crippen LogP contribution >= 0.6 is 0 Å². The number of carbonyl (C=O) groups excluding carboxylic acids is 1. The molecule has 0 aliphatic heterocycles. The van der Waals surface area contributed by atoms with Gasteiger partial charge in [0, 0.05) is 0 Å². The van der Waals surface area contributed by atoms with Crippen molar-refractivity contribution in [1.29, 1.82) is 0 Å². The van der Waals surface area contributed by atoms with E-state index in [1.807, 2.05) is 13.8 Å². The van der Waals surface area contributed by atoms with E-state index in [1.165, 1.54) is 0 Å². The third kappa shape index (κ3) is 7.58. The van der Waals surface area contributed by atoms with Gasteiger partial charge in [0.25, 0.3) is 0 Å². The summed E-state index contributed by atoms with van der Waals surface area (Å²) in [5.74, 6) is 0.457. The quantitative estimate of drug-likeness (QED) is 0.594. The Balaban J connectivity index is 3.32. The molecule has 0 aliphatic rings. The van der Waals surface area contributed by atoms with E-state index < -0.39 is 0 Å². The van der Waals surface area contributed by atoms with Crippen LogP contribution in [0.3, 0.4) is 0 Å². The van der Waals surface area contributed by atoms with Crippen LogP contribution in [0.2, 0.25) is 0 Å². The molecule has 0 bridgehead atoms. The first-order valence-electron chi connectivity index (χ1n) is 4.56. The normalized spacial score (nSPS) is 10.8. The highest BCUT2D eigenvalue weighted by molar-refractivity contribution is 5.78. The zero-order valence-corrected chi connectivity index (χ0v) is 8.46. The van der Waals surface area contributed by atoms with Gasteiger partial charge in [-0.3, -0.25) is 4.79 Å². The summed E-state index contributed by atoms with van der Waals surface area (Å²) in [6.45, 7) is 7.99. The van der Waals surface area contributed by atoms with Crippen molar-refractivity contribution in [2.45, 2.75) is 46.6 Å². The van der Waals surface area contributed by atoms with E-state index >= 15 is 0 Å². The average Bonchev–Trinajstić information content (AvgIpc) is 1.84. The lowest BCUT2D eigenvalue weighted by molar-refractivity contribution is -0.143. The van der Waals surface area contributed by atoms with E-state index in [0.29, 0.717) is 5.92 Å². The zero-order valence-electron chi connectivity index (χ0n) is 8.46. The molecule has 71 valence electrons. The molecule has 12 heavy (non-hydrogen) atoms.